The van der Waals surface area contributed by atoms with Gasteiger partial charge in [0.25, 0.3) is 0 Å². The number of amides is 1. The van der Waals surface area contributed by atoms with Crippen LogP contribution in [-0.4, -0.2) is 51.7 Å². The maximum absolute atomic E-state index is 12.8. The van der Waals surface area contributed by atoms with E-state index >= 15 is 0 Å². The second-order valence-corrected chi connectivity index (χ2v) is 8.04. The molecule has 1 aliphatic heterocycles. The van der Waals surface area contributed by atoms with Gasteiger partial charge in [-0.3, -0.25) is 9.69 Å². The summed E-state index contributed by atoms with van der Waals surface area (Å²) in [6, 6.07) is 20.7. The van der Waals surface area contributed by atoms with E-state index in [0.29, 0.717) is 6.42 Å². The van der Waals surface area contributed by atoms with Crippen molar-refractivity contribution in [1.82, 2.24) is 19.6 Å². The van der Waals surface area contributed by atoms with Gasteiger partial charge in [-0.1, -0.05) is 48.5 Å². The first-order valence-corrected chi connectivity index (χ1v) is 10.8. The summed E-state index contributed by atoms with van der Waals surface area (Å²) in [7, 11) is 0. The third-order valence-electron chi connectivity index (χ3n) is 6.00. The molecule has 1 aliphatic rings. The first kappa shape index (κ1) is 20.4. The lowest BCUT2D eigenvalue weighted by Crippen LogP contribution is -2.48. The number of carbonyl (C=O) groups is 1. The van der Waals surface area contributed by atoms with Gasteiger partial charge in [0.2, 0.25) is 5.91 Å². The largest absolute Gasteiger partial charge is 0.340 e. The van der Waals surface area contributed by atoms with Crippen LogP contribution in [0.1, 0.15) is 28.9 Å². The lowest BCUT2D eigenvalue weighted by molar-refractivity contribution is -0.133. The standard InChI is InChI=1S/C25H30N4O/c1-20-24(21(2)29(26-20)23-11-7-4-8-12-23)13-14-25(30)28-17-15-27(16-18-28)19-22-9-5-3-6-10-22/h3-12H,13-19H2,1-2H3. The van der Waals surface area contributed by atoms with Gasteiger partial charge >= 0.3 is 0 Å². The van der Waals surface area contributed by atoms with Gasteiger partial charge in [0.1, 0.15) is 0 Å². The van der Waals surface area contributed by atoms with Crippen LogP contribution in [0.4, 0.5) is 0 Å². The summed E-state index contributed by atoms with van der Waals surface area (Å²) >= 11 is 0. The van der Waals surface area contributed by atoms with Crippen molar-refractivity contribution in [3.8, 4) is 5.69 Å². The third-order valence-corrected chi connectivity index (χ3v) is 6.00. The van der Waals surface area contributed by atoms with Crippen molar-refractivity contribution >= 4 is 5.91 Å². The first-order valence-electron chi connectivity index (χ1n) is 10.8. The molecule has 1 fully saturated rings. The van der Waals surface area contributed by atoms with Crippen molar-refractivity contribution in [1.29, 1.82) is 0 Å². The molecule has 0 N–H and O–H groups in total. The van der Waals surface area contributed by atoms with Gasteiger partial charge in [-0.2, -0.15) is 5.10 Å². The number of rotatable bonds is 6. The van der Waals surface area contributed by atoms with Crippen molar-refractivity contribution < 1.29 is 4.79 Å². The van der Waals surface area contributed by atoms with E-state index in [0.717, 1.165) is 56.2 Å². The van der Waals surface area contributed by atoms with Gasteiger partial charge < -0.3 is 4.90 Å². The van der Waals surface area contributed by atoms with Crippen molar-refractivity contribution in [2.24, 2.45) is 0 Å². The van der Waals surface area contributed by atoms with Gasteiger partial charge in [-0.15, -0.1) is 0 Å². The van der Waals surface area contributed by atoms with E-state index in [1.165, 1.54) is 11.1 Å². The van der Waals surface area contributed by atoms with E-state index in [1.807, 2.05) is 40.8 Å². The normalized spacial score (nSPS) is 14.8. The molecule has 30 heavy (non-hydrogen) atoms. The molecule has 0 bridgehead atoms. The molecule has 3 aromatic rings. The maximum Gasteiger partial charge on any atom is 0.222 e. The molecule has 5 nitrogen and oxygen atoms in total. The molecule has 0 unspecified atom stereocenters. The highest BCUT2D eigenvalue weighted by molar-refractivity contribution is 5.76. The zero-order valence-corrected chi connectivity index (χ0v) is 17.9. The fourth-order valence-corrected chi connectivity index (χ4v) is 4.24. The monoisotopic (exact) mass is 402 g/mol. The van der Waals surface area contributed by atoms with Gasteiger partial charge in [0.05, 0.1) is 11.4 Å². The number of benzene rings is 2. The lowest BCUT2D eigenvalue weighted by atomic mass is 10.1. The van der Waals surface area contributed by atoms with Crippen molar-refractivity contribution in [2.45, 2.75) is 33.2 Å². The molecule has 0 saturated carbocycles. The van der Waals surface area contributed by atoms with Crippen LogP contribution in [0.15, 0.2) is 60.7 Å². The zero-order chi connectivity index (χ0) is 20.9. The van der Waals surface area contributed by atoms with Crippen LogP contribution in [-0.2, 0) is 17.8 Å². The van der Waals surface area contributed by atoms with Gasteiger partial charge in [0.15, 0.2) is 0 Å². The molecule has 4 rings (SSSR count). The zero-order valence-electron chi connectivity index (χ0n) is 17.9. The molecule has 5 heteroatoms. The molecule has 2 aromatic carbocycles. The molecule has 0 spiro atoms. The third kappa shape index (κ3) is 4.62. The van der Waals surface area contributed by atoms with Crippen LogP contribution < -0.4 is 0 Å². The van der Waals surface area contributed by atoms with E-state index in [9.17, 15) is 4.79 Å². The summed E-state index contributed by atoms with van der Waals surface area (Å²) in [6.45, 7) is 8.58. The smallest absolute Gasteiger partial charge is 0.222 e. The van der Waals surface area contributed by atoms with E-state index in [4.69, 9.17) is 5.10 Å². The Morgan fingerprint density at radius 1 is 0.900 bits per heavy atom. The number of para-hydroxylation sites is 1. The molecule has 2 heterocycles. The van der Waals surface area contributed by atoms with E-state index in [-0.39, 0.29) is 5.91 Å². The number of carbonyl (C=O) groups excluding carboxylic acids is 1. The molecular formula is C25H30N4O. The Balaban J connectivity index is 1.31. The summed E-state index contributed by atoms with van der Waals surface area (Å²) in [5.74, 6) is 0.251. The van der Waals surface area contributed by atoms with Gasteiger partial charge in [0, 0.05) is 44.8 Å². The molecule has 1 saturated heterocycles. The summed E-state index contributed by atoms with van der Waals surface area (Å²) in [5, 5.41) is 4.71. The Hall–Kier alpha value is -2.92. The van der Waals surface area contributed by atoms with Crippen LogP contribution in [0.5, 0.6) is 0 Å². The second-order valence-electron chi connectivity index (χ2n) is 8.04. The Labute approximate surface area is 178 Å². The van der Waals surface area contributed by atoms with Crippen LogP contribution in [0.2, 0.25) is 0 Å². The maximum atomic E-state index is 12.8. The molecule has 1 amide bonds. The molecule has 0 atom stereocenters. The van der Waals surface area contributed by atoms with Crippen molar-refractivity contribution in [3.05, 3.63) is 83.2 Å². The average Bonchev–Trinajstić information content (AvgIpc) is 3.07. The molecule has 0 radical (unpaired) electrons. The minimum atomic E-state index is 0.251. The number of aryl methyl sites for hydroxylation is 1. The van der Waals surface area contributed by atoms with E-state index in [2.05, 4.69) is 48.2 Å². The quantitative estimate of drug-likeness (QED) is 0.630. The fourth-order valence-electron chi connectivity index (χ4n) is 4.24. The molecule has 1 aromatic heterocycles. The van der Waals surface area contributed by atoms with Gasteiger partial charge in [-0.25, -0.2) is 4.68 Å². The summed E-state index contributed by atoms with van der Waals surface area (Å²) in [4.78, 5) is 17.3. The highest BCUT2D eigenvalue weighted by Crippen LogP contribution is 2.20. The highest BCUT2D eigenvalue weighted by atomic mass is 16.2. The number of hydrogen-bond acceptors (Lipinski definition) is 3. The fraction of sp³-hybridized carbons (Fsp3) is 0.360. The minimum Gasteiger partial charge on any atom is -0.340 e. The Morgan fingerprint density at radius 2 is 1.53 bits per heavy atom. The SMILES string of the molecule is Cc1nn(-c2ccccc2)c(C)c1CCC(=O)N1CCN(Cc2ccccc2)CC1. The highest BCUT2D eigenvalue weighted by Gasteiger charge is 2.22. The average molecular weight is 403 g/mol. The van der Waals surface area contributed by atoms with Crippen molar-refractivity contribution in [3.63, 3.8) is 0 Å². The van der Waals surface area contributed by atoms with Crippen LogP contribution in [0, 0.1) is 13.8 Å². The first-order chi connectivity index (χ1) is 14.6. The number of nitrogens with zero attached hydrogens (tertiary/aromatic N) is 4. The summed E-state index contributed by atoms with van der Waals surface area (Å²) in [5.41, 5.74) is 5.72. The Bertz CT molecular complexity index is 973. The predicted octanol–water partition coefficient (Wildman–Crippen LogP) is 3.77. The number of hydrogen-bond donors (Lipinski definition) is 0. The molecule has 156 valence electrons. The Morgan fingerprint density at radius 3 is 2.20 bits per heavy atom. The van der Waals surface area contributed by atoms with Crippen LogP contribution >= 0.6 is 0 Å². The minimum absolute atomic E-state index is 0.251. The van der Waals surface area contributed by atoms with E-state index < -0.39 is 0 Å². The Kier molecular flexibility index (Phi) is 6.29. The summed E-state index contributed by atoms with van der Waals surface area (Å²) < 4.78 is 1.98. The lowest BCUT2D eigenvalue weighted by Gasteiger charge is -2.34. The van der Waals surface area contributed by atoms with Crippen LogP contribution in [0.3, 0.4) is 0 Å². The van der Waals surface area contributed by atoms with E-state index in [1.54, 1.807) is 0 Å². The number of piperazine rings is 1. The number of aromatic nitrogens is 2. The van der Waals surface area contributed by atoms with Gasteiger partial charge in [-0.05, 0) is 43.5 Å². The molecule has 0 aliphatic carbocycles. The predicted molar refractivity (Wildman–Crippen MR) is 120 cm³/mol. The molecular weight excluding hydrogens is 372 g/mol. The van der Waals surface area contributed by atoms with Crippen LogP contribution in [0.25, 0.3) is 5.69 Å². The summed E-state index contributed by atoms with van der Waals surface area (Å²) in [6.07, 6.45) is 1.29. The topological polar surface area (TPSA) is 41.4 Å². The second kappa shape index (κ2) is 9.26. The van der Waals surface area contributed by atoms with Crippen molar-refractivity contribution in [2.75, 3.05) is 26.2 Å².